The van der Waals surface area contributed by atoms with Gasteiger partial charge in [-0.1, -0.05) is 13.8 Å². The van der Waals surface area contributed by atoms with Crippen molar-refractivity contribution in [1.82, 2.24) is 9.80 Å². The van der Waals surface area contributed by atoms with E-state index in [0.29, 0.717) is 38.4 Å². The quantitative estimate of drug-likeness (QED) is 0.781. The molecule has 2 N–H and O–H groups in total. The Morgan fingerprint density at radius 3 is 2.83 bits per heavy atom. The van der Waals surface area contributed by atoms with Crippen LogP contribution in [0.2, 0.25) is 0 Å². The van der Waals surface area contributed by atoms with E-state index in [9.17, 15) is 9.59 Å². The van der Waals surface area contributed by atoms with Crippen LogP contribution >= 0.6 is 0 Å². The highest BCUT2D eigenvalue weighted by molar-refractivity contribution is 5.80. The molecular weight excluding hydrogens is 230 g/mol. The first-order valence-electron chi connectivity index (χ1n) is 6.82. The van der Waals surface area contributed by atoms with Gasteiger partial charge in [-0.05, 0) is 12.3 Å². The SMILES string of the molecule is CC(C)C(N)CC(=O)N1CCN2C(=O)CCC2C1. The lowest BCUT2D eigenvalue weighted by Crippen LogP contribution is -2.54. The first kappa shape index (κ1) is 13.3. The summed E-state index contributed by atoms with van der Waals surface area (Å²) in [5, 5.41) is 0. The molecule has 2 aliphatic rings. The molecule has 0 bridgehead atoms. The van der Waals surface area contributed by atoms with Crippen molar-refractivity contribution in [2.24, 2.45) is 11.7 Å². The van der Waals surface area contributed by atoms with Crippen LogP contribution < -0.4 is 5.73 Å². The van der Waals surface area contributed by atoms with Crippen molar-refractivity contribution in [2.45, 2.75) is 45.2 Å². The van der Waals surface area contributed by atoms with Gasteiger partial charge >= 0.3 is 0 Å². The molecule has 2 heterocycles. The van der Waals surface area contributed by atoms with Crippen molar-refractivity contribution in [3.8, 4) is 0 Å². The zero-order valence-corrected chi connectivity index (χ0v) is 11.3. The van der Waals surface area contributed by atoms with Gasteiger partial charge in [0.1, 0.15) is 0 Å². The number of piperazine rings is 1. The Bertz CT molecular complexity index is 343. The number of hydrogen-bond acceptors (Lipinski definition) is 3. The second kappa shape index (κ2) is 5.26. The molecule has 0 aliphatic carbocycles. The van der Waals surface area contributed by atoms with Crippen LogP contribution in [0.4, 0.5) is 0 Å². The smallest absolute Gasteiger partial charge is 0.224 e. The minimum atomic E-state index is -0.0688. The molecule has 0 spiro atoms. The summed E-state index contributed by atoms with van der Waals surface area (Å²) in [6, 6.07) is 0.172. The molecule has 2 unspecified atom stereocenters. The van der Waals surface area contributed by atoms with Crippen molar-refractivity contribution >= 4 is 11.8 Å². The van der Waals surface area contributed by atoms with Crippen LogP contribution in [0.25, 0.3) is 0 Å². The van der Waals surface area contributed by atoms with E-state index in [-0.39, 0.29) is 23.9 Å². The second-order valence-electron chi connectivity index (χ2n) is 5.73. The third-order valence-electron chi connectivity index (χ3n) is 4.11. The molecule has 0 saturated carbocycles. The summed E-state index contributed by atoms with van der Waals surface area (Å²) in [4.78, 5) is 27.5. The van der Waals surface area contributed by atoms with E-state index in [1.807, 2.05) is 23.6 Å². The summed E-state index contributed by atoms with van der Waals surface area (Å²) < 4.78 is 0. The van der Waals surface area contributed by atoms with Gasteiger partial charge < -0.3 is 15.5 Å². The Balaban J connectivity index is 1.88. The number of nitrogens with two attached hydrogens (primary N) is 1. The number of rotatable bonds is 3. The van der Waals surface area contributed by atoms with Crippen molar-refractivity contribution in [3.05, 3.63) is 0 Å². The third-order valence-corrected chi connectivity index (χ3v) is 4.11. The van der Waals surface area contributed by atoms with E-state index in [0.717, 1.165) is 6.42 Å². The van der Waals surface area contributed by atoms with E-state index < -0.39 is 0 Å². The Morgan fingerprint density at radius 1 is 1.44 bits per heavy atom. The lowest BCUT2D eigenvalue weighted by Gasteiger charge is -2.38. The molecule has 2 aliphatic heterocycles. The molecule has 18 heavy (non-hydrogen) atoms. The fraction of sp³-hybridized carbons (Fsp3) is 0.846. The standard InChI is InChI=1S/C13H23N3O2/c1-9(2)11(14)7-13(18)15-5-6-16-10(8-15)3-4-12(16)17/h9-11H,3-8,14H2,1-2H3. The van der Waals surface area contributed by atoms with E-state index in [1.54, 1.807) is 0 Å². The molecule has 102 valence electrons. The Kier molecular flexibility index (Phi) is 3.90. The maximum atomic E-state index is 12.1. The summed E-state index contributed by atoms with van der Waals surface area (Å²) in [6.45, 7) is 6.10. The predicted molar refractivity (Wildman–Crippen MR) is 68.7 cm³/mol. The molecule has 2 fully saturated rings. The molecule has 0 radical (unpaired) electrons. The first-order chi connectivity index (χ1) is 8.49. The van der Waals surface area contributed by atoms with Crippen LogP contribution in [0.3, 0.4) is 0 Å². The maximum Gasteiger partial charge on any atom is 0.224 e. The Hall–Kier alpha value is -1.10. The Morgan fingerprint density at radius 2 is 2.17 bits per heavy atom. The number of hydrogen-bond donors (Lipinski definition) is 1. The molecule has 2 rings (SSSR count). The second-order valence-corrected chi connectivity index (χ2v) is 5.73. The van der Waals surface area contributed by atoms with Gasteiger partial charge in [0.05, 0.1) is 0 Å². The zero-order valence-electron chi connectivity index (χ0n) is 11.3. The summed E-state index contributed by atoms with van der Waals surface area (Å²) in [5.41, 5.74) is 5.94. The van der Waals surface area contributed by atoms with Gasteiger partial charge in [0.15, 0.2) is 0 Å². The highest BCUT2D eigenvalue weighted by Crippen LogP contribution is 2.23. The molecule has 2 saturated heterocycles. The average molecular weight is 253 g/mol. The highest BCUT2D eigenvalue weighted by Gasteiger charge is 2.36. The van der Waals surface area contributed by atoms with Crippen LogP contribution in [-0.4, -0.2) is 53.3 Å². The van der Waals surface area contributed by atoms with Gasteiger partial charge in [0.2, 0.25) is 11.8 Å². The van der Waals surface area contributed by atoms with Crippen molar-refractivity contribution in [3.63, 3.8) is 0 Å². The van der Waals surface area contributed by atoms with Gasteiger partial charge in [-0.3, -0.25) is 9.59 Å². The monoisotopic (exact) mass is 253 g/mol. The van der Waals surface area contributed by atoms with Crippen molar-refractivity contribution in [1.29, 1.82) is 0 Å². The number of fused-ring (bicyclic) bond motifs is 1. The largest absolute Gasteiger partial charge is 0.339 e. The van der Waals surface area contributed by atoms with Gasteiger partial charge in [-0.2, -0.15) is 0 Å². The molecule has 2 atom stereocenters. The molecule has 0 aromatic heterocycles. The minimum Gasteiger partial charge on any atom is -0.339 e. The van der Waals surface area contributed by atoms with E-state index in [1.165, 1.54) is 0 Å². The summed E-state index contributed by atoms with van der Waals surface area (Å²) in [5.74, 6) is 0.699. The van der Waals surface area contributed by atoms with Crippen molar-refractivity contribution in [2.75, 3.05) is 19.6 Å². The van der Waals surface area contributed by atoms with E-state index in [2.05, 4.69) is 0 Å². The summed E-state index contributed by atoms with van der Waals surface area (Å²) >= 11 is 0. The fourth-order valence-corrected chi connectivity index (χ4v) is 2.66. The van der Waals surface area contributed by atoms with E-state index in [4.69, 9.17) is 5.73 Å². The van der Waals surface area contributed by atoms with Gasteiger partial charge in [0, 0.05) is 44.6 Å². The van der Waals surface area contributed by atoms with Crippen LogP contribution in [0.15, 0.2) is 0 Å². The maximum absolute atomic E-state index is 12.1. The molecule has 0 aromatic carbocycles. The topological polar surface area (TPSA) is 66.6 Å². The Labute approximate surface area is 108 Å². The van der Waals surface area contributed by atoms with Gasteiger partial charge in [0.25, 0.3) is 0 Å². The van der Waals surface area contributed by atoms with Gasteiger partial charge in [-0.15, -0.1) is 0 Å². The number of carbonyl (C=O) groups is 2. The first-order valence-corrected chi connectivity index (χ1v) is 6.82. The van der Waals surface area contributed by atoms with Crippen LogP contribution in [0, 0.1) is 5.92 Å². The lowest BCUT2D eigenvalue weighted by molar-refractivity contribution is -0.139. The summed E-state index contributed by atoms with van der Waals surface area (Å²) in [7, 11) is 0. The predicted octanol–water partition coefficient (Wildman–Crippen LogP) is 0.193. The molecule has 2 amide bonds. The van der Waals surface area contributed by atoms with Gasteiger partial charge in [-0.25, -0.2) is 0 Å². The summed E-state index contributed by atoms with van der Waals surface area (Å²) in [6.07, 6.45) is 1.94. The van der Waals surface area contributed by atoms with Crippen LogP contribution in [0.5, 0.6) is 0 Å². The third kappa shape index (κ3) is 2.66. The highest BCUT2D eigenvalue weighted by atomic mass is 16.2. The molecular formula is C13H23N3O2. The van der Waals surface area contributed by atoms with Crippen molar-refractivity contribution < 1.29 is 9.59 Å². The number of carbonyl (C=O) groups excluding carboxylic acids is 2. The lowest BCUT2D eigenvalue weighted by atomic mass is 10.0. The molecule has 0 aromatic rings. The van der Waals surface area contributed by atoms with Crippen LogP contribution in [-0.2, 0) is 9.59 Å². The minimum absolute atomic E-state index is 0.0688. The number of nitrogens with zero attached hydrogens (tertiary/aromatic N) is 2. The fourth-order valence-electron chi connectivity index (χ4n) is 2.66. The van der Waals surface area contributed by atoms with E-state index >= 15 is 0 Å². The molecule has 5 nitrogen and oxygen atoms in total. The average Bonchev–Trinajstić information content (AvgIpc) is 2.70. The molecule has 5 heteroatoms. The zero-order chi connectivity index (χ0) is 13.3. The number of amides is 2. The van der Waals surface area contributed by atoms with Crippen LogP contribution in [0.1, 0.15) is 33.1 Å². The normalized spacial score (nSPS) is 25.6.